The van der Waals surface area contributed by atoms with Crippen molar-refractivity contribution in [1.29, 1.82) is 5.26 Å². The number of rotatable bonds is 8. The summed E-state index contributed by atoms with van der Waals surface area (Å²) in [5.41, 5.74) is 0.495. The molecule has 1 aromatic rings. The fraction of sp³-hybridized carbons (Fsp3) is 0.438. The number of nitrogens with one attached hydrogen (secondary N) is 1. The number of nitriles is 1. The number of carboxylic acids is 1. The predicted molar refractivity (Wildman–Crippen MR) is 80.3 cm³/mol. The van der Waals surface area contributed by atoms with E-state index in [-0.39, 0.29) is 0 Å². The highest BCUT2D eigenvalue weighted by Gasteiger charge is 2.23. The molecule has 0 aromatic heterocycles. The van der Waals surface area contributed by atoms with Crippen LogP contribution in [0.1, 0.15) is 38.7 Å². The molecule has 0 saturated heterocycles. The van der Waals surface area contributed by atoms with Gasteiger partial charge in [-0.05, 0) is 37.6 Å². The van der Waals surface area contributed by atoms with Gasteiger partial charge < -0.3 is 15.2 Å². The molecule has 0 radical (unpaired) electrons. The number of benzene rings is 1. The summed E-state index contributed by atoms with van der Waals surface area (Å²) in [6.45, 7) is 3.50. The van der Waals surface area contributed by atoms with Crippen LogP contribution in [0.5, 0.6) is 5.75 Å². The monoisotopic (exact) mass is 304 g/mol. The molecule has 0 saturated carbocycles. The molecule has 2 unspecified atom stereocenters. The highest BCUT2D eigenvalue weighted by molar-refractivity contribution is 5.86. The molecule has 2 atom stereocenters. The molecule has 6 heteroatoms. The number of carbonyl (C=O) groups excluding carboxylic acids is 1. The summed E-state index contributed by atoms with van der Waals surface area (Å²) in [6.07, 6.45) is 1.15. The van der Waals surface area contributed by atoms with Crippen LogP contribution >= 0.6 is 0 Å². The van der Waals surface area contributed by atoms with Gasteiger partial charge in [0.1, 0.15) is 11.8 Å². The Morgan fingerprint density at radius 2 is 2.00 bits per heavy atom. The second-order valence-corrected chi connectivity index (χ2v) is 4.94. The van der Waals surface area contributed by atoms with Crippen LogP contribution in [0.25, 0.3) is 0 Å². The summed E-state index contributed by atoms with van der Waals surface area (Å²) in [4.78, 5) is 23.1. The van der Waals surface area contributed by atoms with Gasteiger partial charge in [0.15, 0.2) is 6.10 Å². The Kier molecular flexibility index (Phi) is 6.90. The number of hydrogen-bond donors (Lipinski definition) is 2. The van der Waals surface area contributed by atoms with Crippen molar-refractivity contribution in [3.05, 3.63) is 29.8 Å². The van der Waals surface area contributed by atoms with Crippen molar-refractivity contribution < 1.29 is 19.4 Å². The molecule has 0 aliphatic carbocycles. The lowest BCUT2D eigenvalue weighted by molar-refractivity contribution is -0.143. The molecule has 0 fully saturated rings. The van der Waals surface area contributed by atoms with E-state index in [9.17, 15) is 9.59 Å². The lowest BCUT2D eigenvalue weighted by atomic mass is 10.1. The van der Waals surface area contributed by atoms with Gasteiger partial charge in [0.25, 0.3) is 5.91 Å². The molecule has 0 heterocycles. The summed E-state index contributed by atoms with van der Waals surface area (Å²) >= 11 is 0. The van der Waals surface area contributed by atoms with Crippen LogP contribution < -0.4 is 10.1 Å². The third kappa shape index (κ3) is 5.44. The summed E-state index contributed by atoms with van der Waals surface area (Å²) < 4.78 is 5.45. The third-order valence-corrected chi connectivity index (χ3v) is 3.13. The van der Waals surface area contributed by atoms with Gasteiger partial charge in [-0.3, -0.25) is 4.79 Å². The number of carbonyl (C=O) groups is 2. The number of amides is 1. The van der Waals surface area contributed by atoms with Gasteiger partial charge in [0, 0.05) is 0 Å². The van der Waals surface area contributed by atoms with E-state index in [1.54, 1.807) is 31.2 Å². The third-order valence-electron chi connectivity index (χ3n) is 3.13. The van der Waals surface area contributed by atoms with Crippen molar-refractivity contribution in [2.75, 3.05) is 0 Å². The average molecular weight is 304 g/mol. The van der Waals surface area contributed by atoms with Gasteiger partial charge in [0.2, 0.25) is 0 Å². The molecule has 0 bridgehead atoms. The molecule has 2 N–H and O–H groups in total. The zero-order valence-electron chi connectivity index (χ0n) is 12.7. The summed E-state index contributed by atoms with van der Waals surface area (Å²) in [6, 6.07) is 7.44. The molecule has 0 spiro atoms. The highest BCUT2D eigenvalue weighted by Crippen LogP contribution is 2.13. The second kappa shape index (κ2) is 8.67. The van der Waals surface area contributed by atoms with E-state index in [0.29, 0.717) is 17.7 Å². The molecule has 0 aliphatic heterocycles. The Labute approximate surface area is 129 Å². The van der Waals surface area contributed by atoms with E-state index in [4.69, 9.17) is 15.1 Å². The fourth-order valence-electron chi connectivity index (χ4n) is 1.82. The lowest BCUT2D eigenvalue weighted by Gasteiger charge is -2.18. The van der Waals surface area contributed by atoms with Crippen LogP contribution in [0, 0.1) is 11.3 Å². The standard InChI is InChI=1S/C16H20N2O4/c1-3-4-5-14(16(20)21)18-15(19)11(2)22-13-8-6-12(10-17)7-9-13/h6-9,11,14H,3-5H2,1-2H3,(H,18,19)(H,20,21). The SMILES string of the molecule is CCCCC(NC(=O)C(C)Oc1ccc(C#N)cc1)C(=O)O. The zero-order valence-corrected chi connectivity index (χ0v) is 12.7. The minimum atomic E-state index is -1.05. The Balaban J connectivity index is 2.59. The van der Waals surface area contributed by atoms with Gasteiger partial charge in [-0.25, -0.2) is 4.79 Å². The largest absolute Gasteiger partial charge is 0.481 e. The maximum atomic E-state index is 12.0. The minimum absolute atomic E-state index is 0.390. The van der Waals surface area contributed by atoms with Crippen LogP contribution in [0.2, 0.25) is 0 Å². The fourth-order valence-corrected chi connectivity index (χ4v) is 1.82. The van der Waals surface area contributed by atoms with Gasteiger partial charge in [-0.2, -0.15) is 5.26 Å². The Morgan fingerprint density at radius 3 is 2.50 bits per heavy atom. The first kappa shape index (κ1) is 17.5. The maximum Gasteiger partial charge on any atom is 0.326 e. The quantitative estimate of drug-likeness (QED) is 0.766. The molecular formula is C16H20N2O4. The number of hydrogen-bond acceptors (Lipinski definition) is 4. The van der Waals surface area contributed by atoms with Crippen molar-refractivity contribution in [2.24, 2.45) is 0 Å². The second-order valence-electron chi connectivity index (χ2n) is 4.94. The van der Waals surface area contributed by atoms with E-state index in [2.05, 4.69) is 5.32 Å². The van der Waals surface area contributed by atoms with Crippen LogP contribution in [0.4, 0.5) is 0 Å². The van der Waals surface area contributed by atoms with Gasteiger partial charge in [0.05, 0.1) is 11.6 Å². The first-order valence-corrected chi connectivity index (χ1v) is 7.18. The van der Waals surface area contributed by atoms with Gasteiger partial charge in [-0.1, -0.05) is 19.8 Å². The van der Waals surface area contributed by atoms with Crippen molar-refractivity contribution in [2.45, 2.75) is 45.3 Å². The van der Waals surface area contributed by atoms with E-state index in [0.717, 1.165) is 12.8 Å². The molecule has 118 valence electrons. The number of nitrogens with zero attached hydrogens (tertiary/aromatic N) is 1. The lowest BCUT2D eigenvalue weighted by Crippen LogP contribution is -2.46. The van der Waals surface area contributed by atoms with Crippen LogP contribution in [0.3, 0.4) is 0 Å². The molecule has 22 heavy (non-hydrogen) atoms. The Morgan fingerprint density at radius 1 is 1.36 bits per heavy atom. The van der Waals surface area contributed by atoms with E-state index >= 15 is 0 Å². The van der Waals surface area contributed by atoms with Crippen molar-refractivity contribution in [1.82, 2.24) is 5.32 Å². The van der Waals surface area contributed by atoms with Gasteiger partial charge in [-0.15, -0.1) is 0 Å². The highest BCUT2D eigenvalue weighted by atomic mass is 16.5. The van der Waals surface area contributed by atoms with Crippen molar-refractivity contribution >= 4 is 11.9 Å². The zero-order chi connectivity index (χ0) is 16.5. The first-order chi connectivity index (χ1) is 10.5. The Hall–Kier alpha value is -2.55. The van der Waals surface area contributed by atoms with Crippen LogP contribution in [-0.2, 0) is 9.59 Å². The molecule has 1 aromatic carbocycles. The number of ether oxygens (including phenoxy) is 1. The smallest absolute Gasteiger partial charge is 0.326 e. The van der Waals surface area contributed by atoms with Crippen molar-refractivity contribution in [3.8, 4) is 11.8 Å². The molecular weight excluding hydrogens is 284 g/mol. The molecule has 1 amide bonds. The van der Waals surface area contributed by atoms with E-state index in [1.165, 1.54) is 0 Å². The normalized spacial score (nSPS) is 12.8. The summed E-state index contributed by atoms with van der Waals surface area (Å²) in [5, 5.41) is 20.3. The Bertz CT molecular complexity index is 548. The summed E-state index contributed by atoms with van der Waals surface area (Å²) in [5.74, 6) is -1.08. The average Bonchev–Trinajstić information content (AvgIpc) is 2.51. The predicted octanol–water partition coefficient (Wildman–Crippen LogP) is 2.09. The first-order valence-electron chi connectivity index (χ1n) is 7.18. The minimum Gasteiger partial charge on any atom is -0.481 e. The molecule has 6 nitrogen and oxygen atoms in total. The number of unbranched alkanes of at least 4 members (excludes halogenated alkanes) is 1. The van der Waals surface area contributed by atoms with E-state index < -0.39 is 24.0 Å². The number of carboxylic acid groups (broad SMARTS) is 1. The topological polar surface area (TPSA) is 99.4 Å². The van der Waals surface area contributed by atoms with Gasteiger partial charge >= 0.3 is 5.97 Å². The van der Waals surface area contributed by atoms with Crippen LogP contribution in [-0.4, -0.2) is 29.1 Å². The number of aliphatic carboxylic acids is 1. The van der Waals surface area contributed by atoms with Crippen molar-refractivity contribution in [3.63, 3.8) is 0 Å². The molecule has 1 rings (SSSR count). The summed E-state index contributed by atoms with van der Waals surface area (Å²) in [7, 11) is 0. The van der Waals surface area contributed by atoms with Crippen LogP contribution in [0.15, 0.2) is 24.3 Å². The maximum absolute atomic E-state index is 12.0. The molecule has 0 aliphatic rings. The van der Waals surface area contributed by atoms with E-state index in [1.807, 2.05) is 13.0 Å².